The Bertz CT molecular complexity index is 353. The molecule has 20 heavy (non-hydrogen) atoms. The molecule has 0 radical (unpaired) electrons. The first kappa shape index (κ1) is 17.1. The molecule has 0 aliphatic heterocycles. The number of ether oxygens (including phenoxy) is 1. The normalized spacial score (nSPS) is 14.4. The smallest absolute Gasteiger partial charge is 0.138 e. The molecule has 2 atom stereocenters. The average Bonchev–Trinajstić information content (AvgIpc) is 2.88. The van der Waals surface area contributed by atoms with Crippen LogP contribution in [0.5, 0.6) is 0 Å². The van der Waals surface area contributed by atoms with Crippen molar-refractivity contribution in [2.45, 2.75) is 72.1 Å². The maximum absolute atomic E-state index is 5.88. The molecule has 0 saturated heterocycles. The predicted molar refractivity (Wildman–Crippen MR) is 81.8 cm³/mol. The Morgan fingerprint density at radius 3 is 2.65 bits per heavy atom. The average molecular weight is 282 g/mol. The third-order valence-corrected chi connectivity index (χ3v) is 3.42. The zero-order chi connectivity index (χ0) is 14.8. The highest BCUT2D eigenvalue weighted by Gasteiger charge is 2.22. The Morgan fingerprint density at radius 1 is 1.25 bits per heavy atom. The lowest BCUT2D eigenvalue weighted by molar-refractivity contribution is 0.0312. The number of nitrogens with zero attached hydrogens (tertiary/aromatic N) is 3. The maximum atomic E-state index is 5.88. The zero-order valence-corrected chi connectivity index (χ0v) is 13.4. The van der Waals surface area contributed by atoms with Crippen LogP contribution in [-0.4, -0.2) is 40.1 Å². The number of rotatable bonds is 11. The molecule has 0 aromatic carbocycles. The summed E-state index contributed by atoms with van der Waals surface area (Å²) in [4.78, 5) is 4.42. The molecule has 2 unspecified atom stereocenters. The minimum atomic E-state index is 0.235. The number of nitrogens with one attached hydrogen (secondary N) is 1. The van der Waals surface area contributed by atoms with Crippen molar-refractivity contribution in [2.24, 2.45) is 0 Å². The number of hydrogen-bond acceptors (Lipinski definition) is 4. The monoisotopic (exact) mass is 282 g/mol. The molecule has 1 rings (SSSR count). The first-order valence-electron chi connectivity index (χ1n) is 7.98. The molecule has 0 saturated carbocycles. The fourth-order valence-corrected chi connectivity index (χ4v) is 2.44. The highest BCUT2D eigenvalue weighted by molar-refractivity contribution is 4.93. The Morgan fingerprint density at radius 2 is 2.05 bits per heavy atom. The van der Waals surface area contributed by atoms with Crippen LogP contribution in [0.25, 0.3) is 0 Å². The van der Waals surface area contributed by atoms with Gasteiger partial charge < -0.3 is 10.1 Å². The van der Waals surface area contributed by atoms with Gasteiger partial charge in [-0.3, -0.25) is 4.68 Å². The molecule has 1 heterocycles. The predicted octanol–water partition coefficient (Wildman–Crippen LogP) is 2.41. The molecule has 0 amide bonds. The van der Waals surface area contributed by atoms with Gasteiger partial charge in [-0.15, -0.1) is 0 Å². The summed E-state index contributed by atoms with van der Waals surface area (Å²) >= 11 is 0. The number of hydrogen-bond donors (Lipinski definition) is 1. The topological polar surface area (TPSA) is 52.0 Å². The van der Waals surface area contributed by atoms with Crippen molar-refractivity contribution >= 4 is 0 Å². The quantitative estimate of drug-likeness (QED) is 0.677. The van der Waals surface area contributed by atoms with Crippen molar-refractivity contribution in [3.63, 3.8) is 0 Å². The Balaban J connectivity index is 2.73. The molecule has 0 aliphatic carbocycles. The van der Waals surface area contributed by atoms with Gasteiger partial charge in [-0.2, -0.15) is 5.10 Å². The van der Waals surface area contributed by atoms with Crippen LogP contribution in [0.1, 0.15) is 52.8 Å². The van der Waals surface area contributed by atoms with Crippen molar-refractivity contribution < 1.29 is 4.74 Å². The van der Waals surface area contributed by atoms with Crippen LogP contribution in [0.15, 0.2) is 6.33 Å². The third-order valence-electron chi connectivity index (χ3n) is 3.42. The number of aromatic nitrogens is 3. The molecule has 0 aliphatic rings. The number of aryl methyl sites for hydroxylation is 1. The van der Waals surface area contributed by atoms with E-state index in [1.807, 2.05) is 4.68 Å². The second kappa shape index (κ2) is 9.88. The van der Waals surface area contributed by atoms with E-state index in [0.29, 0.717) is 6.04 Å². The second-order valence-corrected chi connectivity index (χ2v) is 5.07. The fraction of sp³-hybridized carbons (Fsp3) is 0.867. The Kier molecular flexibility index (Phi) is 8.46. The molecular weight excluding hydrogens is 252 g/mol. The summed E-state index contributed by atoms with van der Waals surface area (Å²) in [6, 6.07) is 0.305. The highest BCUT2D eigenvalue weighted by Crippen LogP contribution is 2.11. The minimum Gasteiger partial charge on any atom is -0.377 e. The van der Waals surface area contributed by atoms with E-state index in [2.05, 4.69) is 43.1 Å². The van der Waals surface area contributed by atoms with Gasteiger partial charge in [-0.1, -0.05) is 20.8 Å². The standard InChI is InChI=1S/C15H30N4O/c1-5-9-16-13(14(7-3)20-8-4)11-15-17-12-18-19(15)10-6-2/h12-14,16H,5-11H2,1-4H3. The van der Waals surface area contributed by atoms with Crippen molar-refractivity contribution in [1.29, 1.82) is 0 Å². The zero-order valence-electron chi connectivity index (χ0n) is 13.4. The summed E-state index contributed by atoms with van der Waals surface area (Å²) in [5.74, 6) is 1.05. The van der Waals surface area contributed by atoms with E-state index >= 15 is 0 Å². The van der Waals surface area contributed by atoms with Crippen molar-refractivity contribution in [3.05, 3.63) is 12.2 Å². The van der Waals surface area contributed by atoms with E-state index in [9.17, 15) is 0 Å². The molecular formula is C15H30N4O. The van der Waals surface area contributed by atoms with Crippen LogP contribution in [0, 0.1) is 0 Å². The van der Waals surface area contributed by atoms with Gasteiger partial charge in [0.2, 0.25) is 0 Å². The molecule has 5 heteroatoms. The van der Waals surface area contributed by atoms with Crippen LogP contribution in [-0.2, 0) is 17.7 Å². The SMILES string of the molecule is CCCNC(Cc1ncnn1CCC)C(CC)OCC. The Labute approximate surface area is 123 Å². The Hall–Kier alpha value is -0.940. The van der Waals surface area contributed by atoms with Crippen molar-refractivity contribution in [1.82, 2.24) is 20.1 Å². The van der Waals surface area contributed by atoms with E-state index in [1.165, 1.54) is 0 Å². The summed E-state index contributed by atoms with van der Waals surface area (Å²) in [6.07, 6.45) is 5.98. The van der Waals surface area contributed by atoms with Crippen LogP contribution >= 0.6 is 0 Å². The van der Waals surface area contributed by atoms with E-state index in [0.717, 1.165) is 51.2 Å². The van der Waals surface area contributed by atoms with E-state index in [-0.39, 0.29) is 6.10 Å². The molecule has 1 N–H and O–H groups in total. The van der Waals surface area contributed by atoms with Gasteiger partial charge in [0, 0.05) is 25.6 Å². The van der Waals surface area contributed by atoms with Gasteiger partial charge in [0.1, 0.15) is 12.2 Å². The van der Waals surface area contributed by atoms with E-state index < -0.39 is 0 Å². The van der Waals surface area contributed by atoms with Crippen LogP contribution in [0.2, 0.25) is 0 Å². The third kappa shape index (κ3) is 5.21. The van der Waals surface area contributed by atoms with Crippen LogP contribution < -0.4 is 5.32 Å². The van der Waals surface area contributed by atoms with E-state index in [4.69, 9.17) is 4.74 Å². The summed E-state index contributed by atoms with van der Waals surface area (Å²) in [6.45, 7) is 11.3. The van der Waals surface area contributed by atoms with Crippen LogP contribution in [0.4, 0.5) is 0 Å². The lowest BCUT2D eigenvalue weighted by Crippen LogP contribution is -2.43. The van der Waals surface area contributed by atoms with Gasteiger partial charge in [-0.05, 0) is 32.7 Å². The first-order valence-corrected chi connectivity index (χ1v) is 7.98. The van der Waals surface area contributed by atoms with E-state index in [1.54, 1.807) is 6.33 Å². The lowest BCUT2D eigenvalue weighted by Gasteiger charge is -2.27. The molecule has 5 nitrogen and oxygen atoms in total. The maximum Gasteiger partial charge on any atom is 0.138 e. The summed E-state index contributed by atoms with van der Waals surface area (Å²) in [5, 5.41) is 7.91. The molecule has 0 bridgehead atoms. The van der Waals surface area contributed by atoms with Gasteiger partial charge >= 0.3 is 0 Å². The molecule has 0 spiro atoms. The van der Waals surface area contributed by atoms with Crippen molar-refractivity contribution in [3.8, 4) is 0 Å². The lowest BCUT2D eigenvalue weighted by atomic mass is 10.0. The van der Waals surface area contributed by atoms with Gasteiger partial charge in [0.25, 0.3) is 0 Å². The fourth-order valence-electron chi connectivity index (χ4n) is 2.44. The van der Waals surface area contributed by atoms with Gasteiger partial charge in [0.15, 0.2) is 0 Å². The molecule has 1 aromatic heterocycles. The molecule has 1 aromatic rings. The van der Waals surface area contributed by atoms with Gasteiger partial charge in [-0.25, -0.2) is 4.98 Å². The summed E-state index contributed by atoms with van der Waals surface area (Å²) < 4.78 is 7.89. The molecule has 116 valence electrons. The van der Waals surface area contributed by atoms with Crippen molar-refractivity contribution in [2.75, 3.05) is 13.2 Å². The summed E-state index contributed by atoms with van der Waals surface area (Å²) in [7, 11) is 0. The molecule has 0 fully saturated rings. The minimum absolute atomic E-state index is 0.235. The largest absolute Gasteiger partial charge is 0.377 e. The summed E-state index contributed by atoms with van der Waals surface area (Å²) in [5.41, 5.74) is 0. The second-order valence-electron chi connectivity index (χ2n) is 5.07. The highest BCUT2D eigenvalue weighted by atomic mass is 16.5. The van der Waals surface area contributed by atoms with Gasteiger partial charge in [0.05, 0.1) is 6.10 Å². The van der Waals surface area contributed by atoms with Crippen LogP contribution in [0.3, 0.4) is 0 Å². The first-order chi connectivity index (χ1) is 9.76.